The van der Waals surface area contributed by atoms with Gasteiger partial charge in [-0.05, 0) is 87.8 Å². The molecule has 3 rings (SSSR count). The molecule has 0 bridgehead atoms. The molecule has 5 nitrogen and oxygen atoms in total. The van der Waals surface area contributed by atoms with Gasteiger partial charge in [0.25, 0.3) is 6.47 Å². The maximum absolute atomic E-state index is 11.2. The first-order chi connectivity index (χ1) is 13.5. The largest absolute Gasteiger partial charge is 0.508 e. The van der Waals surface area contributed by atoms with Crippen molar-refractivity contribution in [2.45, 2.75) is 89.1 Å². The Hall–Kier alpha value is -2.04. The molecule has 2 aliphatic carbocycles. The van der Waals surface area contributed by atoms with Gasteiger partial charge in [0.2, 0.25) is 0 Å². The third kappa shape index (κ3) is 5.49. The maximum Gasteiger partial charge on any atom is 0.309 e. The van der Waals surface area contributed by atoms with Crippen LogP contribution in [0, 0.1) is 5.41 Å². The minimum Gasteiger partial charge on any atom is -0.508 e. The average molecular weight is 389 g/mol. The lowest BCUT2D eigenvalue weighted by Crippen LogP contribution is -2.14. The van der Waals surface area contributed by atoms with E-state index in [4.69, 9.17) is 4.74 Å². The van der Waals surface area contributed by atoms with Gasteiger partial charge >= 0.3 is 5.97 Å². The van der Waals surface area contributed by atoms with Crippen LogP contribution in [-0.4, -0.2) is 28.3 Å². The molecular formula is C23H32O5. The third-order valence-electron chi connectivity index (χ3n) is 6.51. The van der Waals surface area contributed by atoms with Gasteiger partial charge in [0.05, 0.1) is 5.41 Å². The van der Waals surface area contributed by atoms with Crippen LogP contribution in [0.1, 0.15) is 81.8 Å². The van der Waals surface area contributed by atoms with E-state index in [2.05, 4.69) is 6.07 Å². The van der Waals surface area contributed by atoms with Crippen LogP contribution in [0.15, 0.2) is 18.2 Å². The fourth-order valence-corrected chi connectivity index (χ4v) is 4.10. The highest BCUT2D eigenvalue weighted by atomic mass is 16.5. The average Bonchev–Trinajstić information content (AvgIpc) is 3.57. The van der Waals surface area contributed by atoms with Crippen molar-refractivity contribution in [3.05, 3.63) is 29.3 Å². The Labute approximate surface area is 167 Å². The summed E-state index contributed by atoms with van der Waals surface area (Å²) in [6, 6.07) is 5.98. The zero-order chi connectivity index (χ0) is 20.0. The van der Waals surface area contributed by atoms with Crippen LogP contribution in [0.2, 0.25) is 0 Å². The highest BCUT2D eigenvalue weighted by molar-refractivity contribution is 5.77. The molecule has 2 fully saturated rings. The first-order valence-corrected chi connectivity index (χ1v) is 10.6. The third-order valence-corrected chi connectivity index (χ3v) is 6.51. The Kier molecular flexibility index (Phi) is 6.63. The second-order valence-corrected chi connectivity index (χ2v) is 8.71. The number of carboxylic acids is 1. The molecule has 0 aliphatic heterocycles. The fourth-order valence-electron chi connectivity index (χ4n) is 4.10. The van der Waals surface area contributed by atoms with E-state index in [0.717, 1.165) is 94.6 Å². The van der Waals surface area contributed by atoms with E-state index in [1.165, 1.54) is 0 Å². The number of hydrogen-bond acceptors (Lipinski definition) is 4. The van der Waals surface area contributed by atoms with Gasteiger partial charge in [0, 0.05) is 0 Å². The van der Waals surface area contributed by atoms with E-state index in [1.807, 2.05) is 12.1 Å². The van der Waals surface area contributed by atoms with Crippen LogP contribution in [0.5, 0.6) is 5.75 Å². The molecule has 0 aromatic heterocycles. The number of unbranched alkanes of at least 4 members (excludes halogenated alkanes) is 3. The Bertz CT molecular complexity index is 688. The standard InChI is InChI=1S/C23H32O5/c24-17-28-23(14-15-23)11-5-3-6-18-8-9-19(20(25)16-18)7-2-1-4-10-22(12-13-22)21(26)27/h8-9,16-17,25H,1-7,10-15H2,(H,26,27). The predicted octanol–water partition coefficient (Wildman–Crippen LogP) is 4.78. The van der Waals surface area contributed by atoms with Crippen LogP contribution in [0.3, 0.4) is 0 Å². The van der Waals surface area contributed by atoms with Gasteiger partial charge in [-0.25, -0.2) is 0 Å². The van der Waals surface area contributed by atoms with Crippen molar-refractivity contribution in [1.29, 1.82) is 0 Å². The fraction of sp³-hybridized carbons (Fsp3) is 0.652. The van der Waals surface area contributed by atoms with Crippen LogP contribution in [-0.2, 0) is 27.2 Å². The van der Waals surface area contributed by atoms with Crippen LogP contribution >= 0.6 is 0 Å². The molecule has 154 valence electrons. The maximum atomic E-state index is 11.2. The lowest BCUT2D eigenvalue weighted by Gasteiger charge is -2.13. The first kappa shape index (κ1) is 20.7. The lowest BCUT2D eigenvalue weighted by molar-refractivity contribution is -0.143. The molecule has 28 heavy (non-hydrogen) atoms. The van der Waals surface area contributed by atoms with Crippen molar-refractivity contribution in [3.63, 3.8) is 0 Å². The quantitative estimate of drug-likeness (QED) is 0.354. The van der Waals surface area contributed by atoms with Crippen LogP contribution in [0.25, 0.3) is 0 Å². The molecule has 1 aromatic rings. The summed E-state index contributed by atoms with van der Waals surface area (Å²) in [6.07, 6.45) is 12.1. The number of carboxylic acid groups (broad SMARTS) is 1. The monoisotopic (exact) mass is 388 g/mol. The number of ether oxygens (including phenoxy) is 1. The normalized spacial score (nSPS) is 18.4. The topological polar surface area (TPSA) is 83.8 Å². The van der Waals surface area contributed by atoms with Gasteiger partial charge in [-0.3, -0.25) is 9.59 Å². The van der Waals surface area contributed by atoms with Gasteiger partial charge in [-0.15, -0.1) is 0 Å². The molecule has 0 saturated heterocycles. The summed E-state index contributed by atoms with van der Waals surface area (Å²) in [7, 11) is 0. The highest BCUT2D eigenvalue weighted by Crippen LogP contribution is 2.50. The van der Waals surface area contributed by atoms with Crippen LogP contribution < -0.4 is 0 Å². The van der Waals surface area contributed by atoms with E-state index in [1.54, 1.807) is 0 Å². The van der Waals surface area contributed by atoms with Crippen molar-refractivity contribution >= 4 is 12.4 Å². The minimum atomic E-state index is -0.635. The summed E-state index contributed by atoms with van der Waals surface area (Å²) in [5.74, 6) is -0.269. The molecule has 0 atom stereocenters. The predicted molar refractivity (Wildman–Crippen MR) is 106 cm³/mol. The molecule has 2 aliphatic rings. The molecule has 1 aromatic carbocycles. The molecule has 0 radical (unpaired) electrons. The van der Waals surface area contributed by atoms with Crippen molar-refractivity contribution < 1.29 is 24.5 Å². The number of carbonyl (C=O) groups excluding carboxylic acids is 1. The molecule has 0 unspecified atom stereocenters. The Morgan fingerprint density at radius 3 is 2.32 bits per heavy atom. The lowest BCUT2D eigenvalue weighted by atomic mass is 9.96. The van der Waals surface area contributed by atoms with E-state index >= 15 is 0 Å². The molecule has 0 heterocycles. The van der Waals surface area contributed by atoms with Crippen molar-refractivity contribution in [1.82, 2.24) is 0 Å². The molecular weight excluding hydrogens is 356 g/mol. The number of benzene rings is 1. The SMILES string of the molecule is O=COC1(CCCCc2ccc(CCCCCC3(C(=O)O)CC3)c(O)c2)CC1. The van der Waals surface area contributed by atoms with Gasteiger partial charge in [-0.2, -0.15) is 0 Å². The summed E-state index contributed by atoms with van der Waals surface area (Å²) in [5.41, 5.74) is 1.53. The zero-order valence-electron chi connectivity index (χ0n) is 16.6. The first-order valence-electron chi connectivity index (χ1n) is 10.6. The Morgan fingerprint density at radius 2 is 1.71 bits per heavy atom. The van der Waals surface area contributed by atoms with Crippen LogP contribution in [0.4, 0.5) is 0 Å². The van der Waals surface area contributed by atoms with Crippen molar-refractivity contribution in [2.24, 2.45) is 5.41 Å². The number of aliphatic carboxylic acids is 1. The van der Waals surface area contributed by atoms with Crippen molar-refractivity contribution in [2.75, 3.05) is 0 Å². The minimum absolute atomic E-state index is 0.169. The Morgan fingerprint density at radius 1 is 1.00 bits per heavy atom. The summed E-state index contributed by atoms with van der Waals surface area (Å²) >= 11 is 0. The Balaban J connectivity index is 1.32. The summed E-state index contributed by atoms with van der Waals surface area (Å²) < 4.78 is 5.17. The van der Waals surface area contributed by atoms with E-state index in [-0.39, 0.29) is 5.60 Å². The van der Waals surface area contributed by atoms with E-state index < -0.39 is 11.4 Å². The second kappa shape index (κ2) is 8.97. The zero-order valence-corrected chi connectivity index (χ0v) is 16.6. The molecule has 2 saturated carbocycles. The van der Waals surface area contributed by atoms with E-state index in [9.17, 15) is 19.8 Å². The van der Waals surface area contributed by atoms with Gasteiger partial charge in [0.1, 0.15) is 11.4 Å². The van der Waals surface area contributed by atoms with E-state index in [0.29, 0.717) is 12.2 Å². The van der Waals surface area contributed by atoms with Gasteiger partial charge in [-0.1, -0.05) is 25.0 Å². The molecule has 5 heteroatoms. The number of phenols is 1. The summed E-state index contributed by atoms with van der Waals surface area (Å²) in [5, 5.41) is 19.5. The number of phenolic OH excluding ortho intramolecular Hbond substituents is 1. The number of aryl methyl sites for hydroxylation is 2. The van der Waals surface area contributed by atoms with Gasteiger partial charge < -0.3 is 14.9 Å². The number of carbonyl (C=O) groups is 2. The molecule has 2 N–H and O–H groups in total. The van der Waals surface area contributed by atoms with Gasteiger partial charge in [0.15, 0.2) is 0 Å². The second-order valence-electron chi connectivity index (χ2n) is 8.71. The number of hydrogen-bond donors (Lipinski definition) is 2. The summed E-state index contributed by atoms with van der Waals surface area (Å²) in [6.45, 7) is 0.569. The molecule has 0 spiro atoms. The number of aromatic hydroxyl groups is 1. The van der Waals surface area contributed by atoms with Crippen molar-refractivity contribution in [3.8, 4) is 5.75 Å². The highest BCUT2D eigenvalue weighted by Gasteiger charge is 2.49. The number of rotatable bonds is 14. The molecule has 0 amide bonds. The summed E-state index contributed by atoms with van der Waals surface area (Å²) in [4.78, 5) is 21.7. The smallest absolute Gasteiger partial charge is 0.309 e.